The van der Waals surface area contributed by atoms with Crippen LogP contribution in [0.2, 0.25) is 0 Å². The molecular formula is C18H24N4OS. The highest BCUT2D eigenvalue weighted by Crippen LogP contribution is 2.19. The topological polar surface area (TPSA) is 58.1 Å². The highest BCUT2D eigenvalue weighted by atomic mass is 32.1. The summed E-state index contributed by atoms with van der Waals surface area (Å²) in [7, 11) is 0. The standard InChI is InChI=1S/C18H24N4OS/c1-12-6-8-22(9-7-12)18(23)15-4-5-17(19-10-15)20-11-16-13(2)24-14(3)21-16/h4-5,10,12H,6-9,11H2,1-3H3,(H,19,20). The summed E-state index contributed by atoms with van der Waals surface area (Å²) in [6.07, 6.45) is 3.85. The van der Waals surface area contributed by atoms with Gasteiger partial charge in [-0.05, 0) is 44.7 Å². The Hall–Kier alpha value is -1.95. The molecule has 1 aliphatic rings. The smallest absolute Gasteiger partial charge is 0.255 e. The number of hydrogen-bond acceptors (Lipinski definition) is 5. The number of hydrogen-bond donors (Lipinski definition) is 1. The van der Waals surface area contributed by atoms with Crippen LogP contribution in [0.1, 0.15) is 45.7 Å². The lowest BCUT2D eigenvalue weighted by molar-refractivity contribution is 0.0697. The molecular weight excluding hydrogens is 320 g/mol. The van der Waals surface area contributed by atoms with Crippen LogP contribution in [0.5, 0.6) is 0 Å². The van der Waals surface area contributed by atoms with Gasteiger partial charge in [0.05, 0.1) is 22.8 Å². The van der Waals surface area contributed by atoms with Crippen LogP contribution < -0.4 is 5.32 Å². The van der Waals surface area contributed by atoms with E-state index in [1.807, 2.05) is 24.0 Å². The van der Waals surface area contributed by atoms with E-state index in [0.717, 1.165) is 48.4 Å². The number of nitrogens with zero attached hydrogens (tertiary/aromatic N) is 3. The summed E-state index contributed by atoms with van der Waals surface area (Å²) in [4.78, 5) is 24.5. The van der Waals surface area contributed by atoms with Crippen LogP contribution in [0.15, 0.2) is 18.3 Å². The van der Waals surface area contributed by atoms with Crippen molar-refractivity contribution in [3.8, 4) is 0 Å². The number of aromatic nitrogens is 2. The molecule has 3 rings (SSSR count). The van der Waals surface area contributed by atoms with Gasteiger partial charge in [-0.1, -0.05) is 6.92 Å². The Morgan fingerprint density at radius 2 is 2.08 bits per heavy atom. The predicted octanol–water partition coefficient (Wildman–Crippen LogP) is 3.64. The maximum atomic E-state index is 12.5. The molecule has 1 N–H and O–H groups in total. The van der Waals surface area contributed by atoms with Crippen LogP contribution in [0.3, 0.4) is 0 Å². The van der Waals surface area contributed by atoms with E-state index in [1.165, 1.54) is 4.88 Å². The van der Waals surface area contributed by atoms with E-state index in [0.29, 0.717) is 12.1 Å². The lowest BCUT2D eigenvalue weighted by atomic mass is 9.99. The summed E-state index contributed by atoms with van der Waals surface area (Å²) < 4.78 is 0. The molecule has 24 heavy (non-hydrogen) atoms. The van der Waals surface area contributed by atoms with Gasteiger partial charge in [-0.15, -0.1) is 11.3 Å². The molecule has 1 fully saturated rings. The minimum atomic E-state index is 0.0897. The van der Waals surface area contributed by atoms with Gasteiger partial charge in [-0.3, -0.25) is 4.79 Å². The molecule has 2 aromatic rings. The summed E-state index contributed by atoms with van der Waals surface area (Å²) in [5, 5.41) is 4.35. The van der Waals surface area contributed by atoms with Crippen molar-refractivity contribution in [3.05, 3.63) is 39.5 Å². The third kappa shape index (κ3) is 3.93. The van der Waals surface area contributed by atoms with Gasteiger partial charge >= 0.3 is 0 Å². The number of anilines is 1. The number of rotatable bonds is 4. The number of likely N-dealkylation sites (tertiary alicyclic amines) is 1. The van der Waals surface area contributed by atoms with E-state index in [4.69, 9.17) is 0 Å². The monoisotopic (exact) mass is 344 g/mol. The van der Waals surface area contributed by atoms with Crippen LogP contribution in [-0.4, -0.2) is 33.9 Å². The lowest BCUT2D eigenvalue weighted by Crippen LogP contribution is -2.37. The Labute approximate surface area is 147 Å². The Morgan fingerprint density at radius 1 is 1.33 bits per heavy atom. The van der Waals surface area contributed by atoms with Crippen molar-refractivity contribution >= 4 is 23.1 Å². The fourth-order valence-electron chi connectivity index (χ4n) is 2.93. The fraction of sp³-hybridized carbons (Fsp3) is 0.500. The Kier molecular flexibility index (Phi) is 5.14. The molecule has 1 saturated heterocycles. The van der Waals surface area contributed by atoms with E-state index >= 15 is 0 Å². The second kappa shape index (κ2) is 7.30. The number of aryl methyl sites for hydroxylation is 2. The van der Waals surface area contributed by atoms with Crippen molar-refractivity contribution < 1.29 is 4.79 Å². The average molecular weight is 344 g/mol. The third-order valence-electron chi connectivity index (χ3n) is 4.52. The zero-order valence-electron chi connectivity index (χ0n) is 14.5. The van der Waals surface area contributed by atoms with Crippen LogP contribution >= 0.6 is 11.3 Å². The maximum absolute atomic E-state index is 12.5. The van der Waals surface area contributed by atoms with Crippen LogP contribution in [0, 0.1) is 19.8 Å². The number of carbonyl (C=O) groups excluding carboxylic acids is 1. The molecule has 0 saturated carbocycles. The first kappa shape index (κ1) is 16.9. The van der Waals surface area contributed by atoms with Crippen molar-refractivity contribution in [2.45, 2.75) is 40.2 Å². The summed E-state index contributed by atoms with van der Waals surface area (Å²) in [5.41, 5.74) is 1.72. The van der Waals surface area contributed by atoms with Crippen LogP contribution in [-0.2, 0) is 6.54 Å². The molecule has 3 heterocycles. The second-order valence-corrected chi connectivity index (χ2v) is 7.90. The van der Waals surface area contributed by atoms with Crippen molar-refractivity contribution in [3.63, 3.8) is 0 Å². The number of thiazole rings is 1. The van der Waals surface area contributed by atoms with Gasteiger partial charge in [-0.25, -0.2) is 9.97 Å². The van der Waals surface area contributed by atoms with Gasteiger partial charge in [0, 0.05) is 24.2 Å². The molecule has 5 nitrogen and oxygen atoms in total. The predicted molar refractivity (Wildman–Crippen MR) is 97.5 cm³/mol. The second-order valence-electron chi connectivity index (χ2n) is 6.50. The molecule has 0 bridgehead atoms. The summed E-state index contributed by atoms with van der Waals surface area (Å²) >= 11 is 1.70. The zero-order chi connectivity index (χ0) is 17.1. The number of nitrogens with one attached hydrogen (secondary N) is 1. The van der Waals surface area contributed by atoms with E-state index in [1.54, 1.807) is 17.5 Å². The lowest BCUT2D eigenvalue weighted by Gasteiger charge is -2.30. The molecule has 0 spiro atoms. The van der Waals surface area contributed by atoms with Gasteiger partial charge in [0.2, 0.25) is 0 Å². The van der Waals surface area contributed by atoms with E-state index in [9.17, 15) is 4.79 Å². The largest absolute Gasteiger partial charge is 0.364 e. The SMILES string of the molecule is Cc1nc(CNc2ccc(C(=O)N3CCC(C)CC3)cn2)c(C)s1. The summed E-state index contributed by atoms with van der Waals surface area (Å²) in [6.45, 7) is 8.69. The quantitative estimate of drug-likeness (QED) is 0.920. The molecule has 2 aromatic heterocycles. The Balaban J connectivity index is 1.58. The minimum Gasteiger partial charge on any atom is -0.364 e. The van der Waals surface area contributed by atoms with E-state index < -0.39 is 0 Å². The zero-order valence-corrected chi connectivity index (χ0v) is 15.3. The van der Waals surface area contributed by atoms with E-state index in [2.05, 4.69) is 29.1 Å². The van der Waals surface area contributed by atoms with Crippen LogP contribution in [0.25, 0.3) is 0 Å². The molecule has 1 amide bonds. The molecule has 128 valence electrons. The molecule has 0 radical (unpaired) electrons. The number of carbonyl (C=O) groups is 1. The molecule has 0 unspecified atom stereocenters. The van der Waals surface area contributed by atoms with Gasteiger partial charge < -0.3 is 10.2 Å². The van der Waals surface area contributed by atoms with Crippen molar-refractivity contribution in [1.29, 1.82) is 0 Å². The number of piperidine rings is 1. The third-order valence-corrected chi connectivity index (χ3v) is 5.45. The van der Waals surface area contributed by atoms with Gasteiger partial charge in [0.1, 0.15) is 5.82 Å². The average Bonchev–Trinajstić information content (AvgIpc) is 2.91. The fourth-order valence-corrected chi connectivity index (χ4v) is 3.76. The van der Waals surface area contributed by atoms with Gasteiger partial charge in [0.15, 0.2) is 0 Å². The normalized spacial score (nSPS) is 15.5. The molecule has 0 atom stereocenters. The van der Waals surface area contributed by atoms with E-state index in [-0.39, 0.29) is 5.91 Å². The highest BCUT2D eigenvalue weighted by molar-refractivity contribution is 7.11. The van der Waals surface area contributed by atoms with Crippen molar-refractivity contribution in [2.75, 3.05) is 18.4 Å². The molecule has 0 aliphatic carbocycles. The first-order chi connectivity index (χ1) is 11.5. The number of amides is 1. The van der Waals surface area contributed by atoms with Crippen LogP contribution in [0.4, 0.5) is 5.82 Å². The van der Waals surface area contributed by atoms with Crippen molar-refractivity contribution in [2.24, 2.45) is 5.92 Å². The molecule has 0 aromatic carbocycles. The Morgan fingerprint density at radius 3 is 2.67 bits per heavy atom. The minimum absolute atomic E-state index is 0.0897. The highest BCUT2D eigenvalue weighted by Gasteiger charge is 2.21. The summed E-state index contributed by atoms with van der Waals surface area (Å²) in [5.74, 6) is 1.58. The first-order valence-electron chi connectivity index (χ1n) is 8.45. The maximum Gasteiger partial charge on any atom is 0.255 e. The molecule has 6 heteroatoms. The van der Waals surface area contributed by atoms with Crippen molar-refractivity contribution in [1.82, 2.24) is 14.9 Å². The van der Waals surface area contributed by atoms with Gasteiger partial charge in [0.25, 0.3) is 5.91 Å². The molecule has 1 aliphatic heterocycles. The summed E-state index contributed by atoms with van der Waals surface area (Å²) in [6, 6.07) is 3.73. The Bertz CT molecular complexity index is 702. The van der Waals surface area contributed by atoms with Gasteiger partial charge in [-0.2, -0.15) is 0 Å². The first-order valence-corrected chi connectivity index (χ1v) is 9.26. The number of pyridine rings is 1.